The summed E-state index contributed by atoms with van der Waals surface area (Å²) in [5, 5.41) is 21.3. The van der Waals surface area contributed by atoms with E-state index in [1.54, 1.807) is 0 Å². The van der Waals surface area contributed by atoms with Gasteiger partial charge in [0.15, 0.2) is 0 Å². The maximum absolute atomic E-state index is 11.1. The van der Waals surface area contributed by atoms with Crippen LogP contribution in [0.25, 0.3) is 0 Å². The van der Waals surface area contributed by atoms with E-state index in [9.17, 15) is 10.2 Å². The Hall–Kier alpha value is 0.459. The Bertz CT molecular complexity index is 337. The van der Waals surface area contributed by atoms with Crippen molar-refractivity contribution in [2.45, 2.75) is 110 Å². The molecule has 0 radical (unpaired) electrons. The molecule has 1 saturated carbocycles. The third-order valence-corrected chi connectivity index (χ3v) is 22.0. The van der Waals surface area contributed by atoms with Gasteiger partial charge < -0.3 is 0 Å². The van der Waals surface area contributed by atoms with Crippen LogP contribution in [0, 0.1) is 0 Å². The number of aliphatic hydroxyl groups excluding tert-OH is 1. The van der Waals surface area contributed by atoms with Crippen molar-refractivity contribution < 1.29 is 10.2 Å². The second-order valence-electron chi connectivity index (χ2n) is 8.08. The first-order valence-corrected chi connectivity index (χ1v) is 18.1. The third kappa shape index (κ3) is 6.99. The molecule has 1 rings (SSSR count). The SMILES string of the molecule is CCC[CH2][Sn]([CH2]CCC)([CH2]CCC)/[C](=C/C1(O)CCCCC1)CO. The molecule has 142 valence electrons. The van der Waals surface area contributed by atoms with E-state index in [-0.39, 0.29) is 6.61 Å². The van der Waals surface area contributed by atoms with Crippen LogP contribution >= 0.6 is 0 Å². The summed E-state index contributed by atoms with van der Waals surface area (Å²) in [4.78, 5) is 0. The van der Waals surface area contributed by atoms with Gasteiger partial charge in [-0.1, -0.05) is 0 Å². The Balaban J connectivity index is 3.12. The Labute approximate surface area is 155 Å². The van der Waals surface area contributed by atoms with Gasteiger partial charge in [-0.05, 0) is 0 Å². The Kier molecular flexibility index (Phi) is 11.2. The standard InChI is InChI=1S/C9H15O2.3C4H9.Sn/c10-8-4-7-9(11)5-2-1-3-6-9;3*1-3-4-2;/h7,10-11H,1-3,5-6,8H2;3*1,3-4H2,2H3;. The third-order valence-electron chi connectivity index (χ3n) is 6.04. The second-order valence-corrected chi connectivity index (χ2v) is 21.5. The van der Waals surface area contributed by atoms with Crippen molar-refractivity contribution in [2.24, 2.45) is 0 Å². The van der Waals surface area contributed by atoms with Crippen LogP contribution in [0.5, 0.6) is 0 Å². The molecular weight excluding hydrogens is 403 g/mol. The Morgan fingerprint density at radius 3 is 1.71 bits per heavy atom. The summed E-state index contributed by atoms with van der Waals surface area (Å²) in [6.07, 6.45) is 15.2. The van der Waals surface area contributed by atoms with Gasteiger partial charge in [0.05, 0.1) is 0 Å². The first kappa shape index (κ1) is 22.5. The van der Waals surface area contributed by atoms with Gasteiger partial charge in [0.2, 0.25) is 0 Å². The molecule has 0 aliphatic heterocycles. The molecule has 1 fully saturated rings. The molecule has 24 heavy (non-hydrogen) atoms. The summed E-state index contributed by atoms with van der Waals surface area (Å²) in [6, 6.07) is 0. The van der Waals surface area contributed by atoms with Crippen molar-refractivity contribution in [1.82, 2.24) is 0 Å². The van der Waals surface area contributed by atoms with E-state index in [4.69, 9.17) is 0 Å². The fourth-order valence-electron chi connectivity index (χ4n) is 4.40. The molecule has 2 nitrogen and oxygen atoms in total. The van der Waals surface area contributed by atoms with Crippen LogP contribution < -0.4 is 0 Å². The maximum atomic E-state index is 11.1. The summed E-state index contributed by atoms with van der Waals surface area (Å²) in [6.45, 7) is 7.06. The zero-order valence-corrected chi connectivity index (χ0v) is 19.4. The van der Waals surface area contributed by atoms with Crippen molar-refractivity contribution in [3.05, 3.63) is 9.67 Å². The number of aliphatic hydroxyl groups is 2. The molecule has 0 aromatic rings. The zero-order valence-electron chi connectivity index (χ0n) is 16.6. The second kappa shape index (κ2) is 12.0. The van der Waals surface area contributed by atoms with Crippen LogP contribution in [-0.2, 0) is 0 Å². The van der Waals surface area contributed by atoms with Gasteiger partial charge in [-0.25, -0.2) is 0 Å². The van der Waals surface area contributed by atoms with Gasteiger partial charge in [0, 0.05) is 0 Å². The number of hydrogen-bond acceptors (Lipinski definition) is 2. The molecule has 2 N–H and O–H groups in total. The van der Waals surface area contributed by atoms with E-state index in [1.807, 2.05) is 0 Å². The summed E-state index contributed by atoms with van der Waals surface area (Å²) in [5.41, 5.74) is -0.622. The zero-order chi connectivity index (χ0) is 17.9. The monoisotopic (exact) mass is 446 g/mol. The van der Waals surface area contributed by atoms with E-state index < -0.39 is 24.0 Å². The topological polar surface area (TPSA) is 40.5 Å². The fourth-order valence-corrected chi connectivity index (χ4v) is 20.7. The van der Waals surface area contributed by atoms with Crippen molar-refractivity contribution in [1.29, 1.82) is 0 Å². The molecule has 0 atom stereocenters. The summed E-state index contributed by atoms with van der Waals surface area (Å²) in [5.74, 6) is 0. The normalized spacial score (nSPS) is 18.8. The summed E-state index contributed by atoms with van der Waals surface area (Å²) < 4.78 is 5.46. The fraction of sp³-hybridized carbons (Fsp3) is 0.905. The van der Waals surface area contributed by atoms with Gasteiger partial charge in [0.25, 0.3) is 0 Å². The molecule has 0 bridgehead atoms. The average Bonchev–Trinajstić information content (AvgIpc) is 2.60. The van der Waals surface area contributed by atoms with Crippen molar-refractivity contribution >= 4 is 18.4 Å². The van der Waals surface area contributed by atoms with Crippen molar-refractivity contribution in [3.63, 3.8) is 0 Å². The van der Waals surface area contributed by atoms with Crippen LogP contribution in [0.1, 0.15) is 91.4 Å². The van der Waals surface area contributed by atoms with Gasteiger partial charge in [0.1, 0.15) is 0 Å². The Morgan fingerprint density at radius 2 is 1.33 bits per heavy atom. The minimum atomic E-state index is -2.57. The van der Waals surface area contributed by atoms with E-state index >= 15 is 0 Å². The van der Waals surface area contributed by atoms with E-state index in [0.29, 0.717) is 0 Å². The van der Waals surface area contributed by atoms with Gasteiger partial charge in [-0.15, -0.1) is 0 Å². The molecule has 0 aromatic carbocycles. The van der Waals surface area contributed by atoms with Gasteiger partial charge in [-0.3, -0.25) is 0 Å². The van der Waals surface area contributed by atoms with E-state index in [2.05, 4.69) is 26.8 Å². The number of hydrogen-bond donors (Lipinski definition) is 2. The molecule has 1 aliphatic carbocycles. The molecule has 3 heteroatoms. The molecule has 0 heterocycles. The van der Waals surface area contributed by atoms with Crippen LogP contribution in [-0.4, -0.2) is 40.8 Å². The molecule has 0 spiro atoms. The quantitative estimate of drug-likeness (QED) is 0.363. The summed E-state index contributed by atoms with van der Waals surface area (Å²) in [7, 11) is 0. The van der Waals surface area contributed by atoms with Gasteiger partial charge >= 0.3 is 155 Å². The van der Waals surface area contributed by atoms with Crippen LogP contribution in [0.2, 0.25) is 13.3 Å². The number of unbranched alkanes of at least 4 members (excludes halogenated alkanes) is 3. The Morgan fingerprint density at radius 1 is 0.875 bits per heavy atom. The van der Waals surface area contributed by atoms with Crippen LogP contribution in [0.4, 0.5) is 0 Å². The molecule has 0 unspecified atom stereocenters. The van der Waals surface area contributed by atoms with Crippen LogP contribution in [0.15, 0.2) is 9.67 Å². The predicted molar refractivity (Wildman–Crippen MR) is 108 cm³/mol. The van der Waals surface area contributed by atoms with Crippen molar-refractivity contribution in [3.8, 4) is 0 Å². The molecule has 0 aromatic heterocycles. The average molecular weight is 445 g/mol. The number of rotatable bonds is 12. The molecule has 0 saturated heterocycles. The van der Waals surface area contributed by atoms with Gasteiger partial charge in [-0.2, -0.15) is 0 Å². The molecule has 0 amide bonds. The predicted octanol–water partition coefficient (Wildman–Crippen LogP) is 5.99. The van der Waals surface area contributed by atoms with E-state index in [1.165, 1.54) is 61.8 Å². The molecular formula is C21H42O2Sn. The first-order valence-electron chi connectivity index (χ1n) is 10.6. The first-order chi connectivity index (χ1) is 11.6. The van der Waals surface area contributed by atoms with Crippen LogP contribution in [0.3, 0.4) is 0 Å². The van der Waals surface area contributed by atoms with E-state index in [0.717, 1.165) is 25.7 Å². The minimum absolute atomic E-state index is 0.204. The summed E-state index contributed by atoms with van der Waals surface area (Å²) >= 11 is -2.57. The van der Waals surface area contributed by atoms with Crippen molar-refractivity contribution in [2.75, 3.05) is 6.61 Å². The molecule has 1 aliphatic rings.